The number of benzene rings is 1. The molecule has 0 amide bonds. The van der Waals surface area contributed by atoms with Crippen LogP contribution in [0.4, 0.5) is 5.69 Å². The second-order valence-electron chi connectivity index (χ2n) is 5.65. The Morgan fingerprint density at radius 3 is 2.71 bits per heavy atom. The van der Waals surface area contributed by atoms with Crippen LogP contribution in [0.25, 0.3) is 0 Å². The highest BCUT2D eigenvalue weighted by atomic mass is 32.2. The minimum atomic E-state index is -3.89. The average Bonchev–Trinajstić information content (AvgIpc) is 2.37. The van der Waals surface area contributed by atoms with E-state index in [4.69, 9.17) is 10.8 Å². The third-order valence-corrected chi connectivity index (χ3v) is 5.34. The highest BCUT2D eigenvalue weighted by molar-refractivity contribution is 7.89. The standard InChI is InChI=1S/C14H20N2O4S/c1-9-3-2-4-11(7-9)16-21(19,20)13-8-10(15)5-6-12(13)14(17)18/h5-6,8-9,11,16H,2-4,7,15H2,1H3,(H,17,18). The second-order valence-corrected chi connectivity index (χ2v) is 7.33. The Bertz CT molecular complexity index is 642. The molecule has 116 valence electrons. The van der Waals surface area contributed by atoms with Gasteiger partial charge in [0.2, 0.25) is 10.0 Å². The van der Waals surface area contributed by atoms with E-state index in [1.165, 1.54) is 18.2 Å². The molecule has 0 spiro atoms. The Hall–Kier alpha value is -1.60. The molecule has 0 heterocycles. The molecule has 0 bridgehead atoms. The minimum Gasteiger partial charge on any atom is -0.478 e. The van der Waals surface area contributed by atoms with Gasteiger partial charge in [-0.25, -0.2) is 17.9 Å². The van der Waals surface area contributed by atoms with E-state index in [0.717, 1.165) is 25.7 Å². The Labute approximate surface area is 124 Å². The van der Waals surface area contributed by atoms with Crippen LogP contribution in [0.15, 0.2) is 23.1 Å². The van der Waals surface area contributed by atoms with E-state index in [9.17, 15) is 13.2 Å². The van der Waals surface area contributed by atoms with Crippen LogP contribution in [-0.2, 0) is 10.0 Å². The maximum absolute atomic E-state index is 12.5. The largest absolute Gasteiger partial charge is 0.478 e. The number of carboxylic acids is 1. The van der Waals surface area contributed by atoms with Gasteiger partial charge in [0, 0.05) is 11.7 Å². The second kappa shape index (κ2) is 6.03. The van der Waals surface area contributed by atoms with Crippen molar-refractivity contribution in [3.05, 3.63) is 23.8 Å². The molecule has 1 aliphatic rings. The summed E-state index contributed by atoms with van der Waals surface area (Å²) in [5, 5.41) is 9.13. The zero-order valence-electron chi connectivity index (χ0n) is 11.9. The molecule has 7 heteroatoms. The SMILES string of the molecule is CC1CCCC(NS(=O)(=O)c2cc(N)ccc2C(=O)O)C1. The van der Waals surface area contributed by atoms with Gasteiger partial charge < -0.3 is 10.8 Å². The van der Waals surface area contributed by atoms with E-state index in [2.05, 4.69) is 11.6 Å². The molecule has 1 fully saturated rings. The number of carboxylic acid groups (broad SMARTS) is 1. The van der Waals surface area contributed by atoms with Crippen LogP contribution in [0.1, 0.15) is 43.0 Å². The Balaban J connectivity index is 2.31. The van der Waals surface area contributed by atoms with Crippen molar-refractivity contribution >= 4 is 21.7 Å². The number of hydrogen-bond acceptors (Lipinski definition) is 4. The van der Waals surface area contributed by atoms with Crippen LogP contribution in [0.3, 0.4) is 0 Å². The summed E-state index contributed by atoms with van der Waals surface area (Å²) in [5.41, 5.74) is 5.55. The quantitative estimate of drug-likeness (QED) is 0.735. The van der Waals surface area contributed by atoms with Crippen molar-refractivity contribution in [3.8, 4) is 0 Å². The molecule has 0 aromatic heterocycles. The molecule has 1 aromatic carbocycles. The molecule has 1 saturated carbocycles. The lowest BCUT2D eigenvalue weighted by Crippen LogP contribution is -2.38. The van der Waals surface area contributed by atoms with Crippen molar-refractivity contribution in [2.75, 3.05) is 5.73 Å². The van der Waals surface area contributed by atoms with Crippen LogP contribution >= 0.6 is 0 Å². The lowest BCUT2D eigenvalue weighted by molar-refractivity contribution is 0.0692. The first kappa shape index (κ1) is 15.8. The minimum absolute atomic E-state index is 0.151. The number of aromatic carboxylic acids is 1. The van der Waals surface area contributed by atoms with Gasteiger partial charge in [-0.05, 0) is 37.0 Å². The van der Waals surface area contributed by atoms with E-state index >= 15 is 0 Å². The van der Waals surface area contributed by atoms with Gasteiger partial charge in [0.05, 0.1) is 10.5 Å². The van der Waals surface area contributed by atoms with Crippen molar-refractivity contribution in [1.82, 2.24) is 4.72 Å². The summed E-state index contributed by atoms with van der Waals surface area (Å²) in [6.07, 6.45) is 3.60. The monoisotopic (exact) mass is 312 g/mol. The van der Waals surface area contributed by atoms with Gasteiger partial charge in [-0.15, -0.1) is 0 Å². The van der Waals surface area contributed by atoms with Gasteiger partial charge in [-0.1, -0.05) is 19.8 Å². The fraction of sp³-hybridized carbons (Fsp3) is 0.500. The third-order valence-electron chi connectivity index (χ3n) is 3.78. The number of hydrogen-bond donors (Lipinski definition) is 3. The maximum Gasteiger partial charge on any atom is 0.337 e. The fourth-order valence-electron chi connectivity index (χ4n) is 2.76. The van der Waals surface area contributed by atoms with Crippen molar-refractivity contribution in [2.45, 2.75) is 43.5 Å². The molecule has 1 aliphatic carbocycles. The number of nitrogen functional groups attached to an aromatic ring is 1. The highest BCUT2D eigenvalue weighted by Crippen LogP contribution is 2.26. The van der Waals surface area contributed by atoms with Gasteiger partial charge in [0.25, 0.3) is 0 Å². The molecule has 2 unspecified atom stereocenters. The molecular formula is C14H20N2O4S. The maximum atomic E-state index is 12.5. The van der Waals surface area contributed by atoms with Crippen LogP contribution in [0.2, 0.25) is 0 Å². The summed E-state index contributed by atoms with van der Waals surface area (Å²) in [5.74, 6) is -0.821. The predicted octanol–water partition coefficient (Wildman–Crippen LogP) is 1.82. The summed E-state index contributed by atoms with van der Waals surface area (Å²) >= 11 is 0. The first-order valence-corrected chi connectivity index (χ1v) is 8.43. The van der Waals surface area contributed by atoms with E-state index in [1.807, 2.05) is 0 Å². The third kappa shape index (κ3) is 3.74. The Morgan fingerprint density at radius 2 is 2.10 bits per heavy atom. The number of carbonyl (C=O) groups is 1. The van der Waals surface area contributed by atoms with Gasteiger partial charge in [-0.3, -0.25) is 0 Å². The highest BCUT2D eigenvalue weighted by Gasteiger charge is 2.28. The van der Waals surface area contributed by atoms with Crippen molar-refractivity contribution in [2.24, 2.45) is 5.92 Å². The van der Waals surface area contributed by atoms with Gasteiger partial charge >= 0.3 is 5.97 Å². The number of rotatable bonds is 4. The molecule has 2 atom stereocenters. The van der Waals surface area contributed by atoms with Crippen LogP contribution in [-0.4, -0.2) is 25.5 Å². The zero-order chi connectivity index (χ0) is 15.6. The first-order chi connectivity index (χ1) is 9.79. The first-order valence-electron chi connectivity index (χ1n) is 6.95. The van der Waals surface area contributed by atoms with Crippen LogP contribution < -0.4 is 10.5 Å². The Morgan fingerprint density at radius 1 is 1.38 bits per heavy atom. The number of sulfonamides is 1. The van der Waals surface area contributed by atoms with E-state index < -0.39 is 16.0 Å². The Kier molecular flexibility index (Phi) is 4.53. The van der Waals surface area contributed by atoms with Gasteiger partial charge in [-0.2, -0.15) is 0 Å². The van der Waals surface area contributed by atoms with E-state index in [-0.39, 0.29) is 22.2 Å². The molecule has 0 radical (unpaired) electrons. The number of nitrogens with one attached hydrogen (secondary N) is 1. The summed E-state index contributed by atoms with van der Waals surface area (Å²) in [4.78, 5) is 10.9. The summed E-state index contributed by atoms with van der Waals surface area (Å²) in [7, 11) is -3.89. The summed E-state index contributed by atoms with van der Waals surface area (Å²) < 4.78 is 27.5. The molecule has 0 aliphatic heterocycles. The molecule has 4 N–H and O–H groups in total. The average molecular weight is 312 g/mol. The lowest BCUT2D eigenvalue weighted by atomic mass is 9.88. The van der Waals surface area contributed by atoms with Crippen LogP contribution in [0.5, 0.6) is 0 Å². The lowest BCUT2D eigenvalue weighted by Gasteiger charge is -2.27. The number of anilines is 1. The summed E-state index contributed by atoms with van der Waals surface area (Å²) in [6, 6.07) is 3.64. The topological polar surface area (TPSA) is 109 Å². The van der Waals surface area contributed by atoms with Crippen molar-refractivity contribution in [1.29, 1.82) is 0 Å². The normalized spacial score (nSPS) is 22.9. The zero-order valence-corrected chi connectivity index (χ0v) is 12.7. The van der Waals surface area contributed by atoms with E-state index in [0.29, 0.717) is 5.92 Å². The van der Waals surface area contributed by atoms with Gasteiger partial charge in [0.1, 0.15) is 0 Å². The number of nitrogens with two attached hydrogens (primary N) is 1. The fourth-order valence-corrected chi connectivity index (χ4v) is 4.28. The molecule has 21 heavy (non-hydrogen) atoms. The molecule has 6 nitrogen and oxygen atoms in total. The van der Waals surface area contributed by atoms with Crippen molar-refractivity contribution in [3.63, 3.8) is 0 Å². The summed E-state index contributed by atoms with van der Waals surface area (Å²) in [6.45, 7) is 2.09. The van der Waals surface area contributed by atoms with Crippen LogP contribution in [0, 0.1) is 5.92 Å². The molecule has 2 rings (SSSR count). The molecule has 1 aromatic rings. The molecular weight excluding hydrogens is 292 g/mol. The van der Waals surface area contributed by atoms with Gasteiger partial charge in [0.15, 0.2) is 0 Å². The predicted molar refractivity (Wildman–Crippen MR) is 79.6 cm³/mol. The van der Waals surface area contributed by atoms with E-state index in [1.54, 1.807) is 0 Å². The van der Waals surface area contributed by atoms with Crippen molar-refractivity contribution < 1.29 is 18.3 Å². The molecule has 0 saturated heterocycles. The smallest absolute Gasteiger partial charge is 0.337 e.